The molecule has 0 aliphatic heterocycles. The van der Waals surface area contributed by atoms with Gasteiger partial charge in [-0.05, 0) is 38.1 Å². The van der Waals surface area contributed by atoms with Gasteiger partial charge in [-0.2, -0.15) is 0 Å². The Morgan fingerprint density at radius 2 is 1.87 bits per heavy atom. The Bertz CT molecular complexity index is 341. The number of hydrogen-bond donors (Lipinski definition) is 1. The number of anilines is 1. The smallest absolute Gasteiger partial charge is 0.261 e. The lowest BCUT2D eigenvalue weighted by Crippen LogP contribution is -2.32. The van der Waals surface area contributed by atoms with E-state index in [0.29, 0.717) is 11.4 Å². The van der Waals surface area contributed by atoms with Gasteiger partial charge in [0.1, 0.15) is 5.75 Å². The predicted octanol–water partition coefficient (Wildman–Crippen LogP) is 2.38. The normalized spacial score (nSPS) is 10.9. The predicted molar refractivity (Wildman–Crippen MR) is 56.8 cm³/mol. The number of rotatable bonds is 3. The highest BCUT2D eigenvalue weighted by molar-refractivity contribution is 5.96. The molecule has 1 N–H and O–H groups in total. The highest BCUT2D eigenvalue weighted by atomic mass is 19.1. The van der Waals surface area contributed by atoms with Gasteiger partial charge in [-0.1, -0.05) is 0 Å². The van der Waals surface area contributed by atoms with Crippen LogP contribution in [-0.2, 0) is 4.79 Å². The maximum absolute atomic E-state index is 13.2. The van der Waals surface area contributed by atoms with Gasteiger partial charge in [0.25, 0.3) is 5.91 Å². The molecule has 82 valence electrons. The summed E-state index contributed by atoms with van der Waals surface area (Å²) in [4.78, 5) is 11.3. The number of ether oxygens (including phenoxy) is 1. The average molecular weight is 211 g/mol. The number of amides is 1. The Morgan fingerprint density at radius 1 is 1.33 bits per heavy atom. The lowest BCUT2D eigenvalue weighted by Gasteiger charge is -2.14. The third kappa shape index (κ3) is 3.23. The second-order valence-corrected chi connectivity index (χ2v) is 3.66. The molecule has 4 heteroatoms. The lowest BCUT2D eigenvalue weighted by molar-refractivity contribution is -0.125. The number of alkyl halides is 1. The van der Waals surface area contributed by atoms with Crippen LogP contribution in [-0.4, -0.2) is 18.7 Å². The maximum Gasteiger partial charge on any atom is 0.261 e. The Morgan fingerprint density at radius 3 is 2.27 bits per heavy atom. The van der Waals surface area contributed by atoms with Gasteiger partial charge in [-0.15, -0.1) is 0 Å². The van der Waals surface area contributed by atoms with Crippen LogP contribution in [0.1, 0.15) is 13.8 Å². The monoisotopic (exact) mass is 211 g/mol. The minimum absolute atomic E-state index is 0.548. The van der Waals surface area contributed by atoms with Crippen molar-refractivity contribution in [3.63, 3.8) is 0 Å². The van der Waals surface area contributed by atoms with Gasteiger partial charge in [-0.3, -0.25) is 4.79 Å². The fourth-order valence-corrected chi connectivity index (χ4v) is 0.954. The molecule has 0 atom stereocenters. The molecule has 0 fully saturated rings. The molecule has 0 saturated carbocycles. The average Bonchev–Trinajstić information content (AvgIpc) is 2.17. The standard InChI is InChI=1S/C11H14FNO2/c1-11(2,12)10(14)13-8-4-6-9(15-3)7-5-8/h4-7H,1-3H3,(H,13,14). The molecular weight excluding hydrogens is 197 g/mol. The minimum atomic E-state index is -1.88. The largest absolute Gasteiger partial charge is 0.497 e. The maximum atomic E-state index is 13.2. The summed E-state index contributed by atoms with van der Waals surface area (Å²) in [6.45, 7) is 2.43. The van der Waals surface area contributed by atoms with E-state index in [1.807, 2.05) is 0 Å². The highest BCUT2D eigenvalue weighted by Gasteiger charge is 2.26. The molecule has 0 radical (unpaired) electrons. The van der Waals surface area contributed by atoms with Crippen LogP contribution in [0.2, 0.25) is 0 Å². The van der Waals surface area contributed by atoms with Gasteiger partial charge in [0, 0.05) is 5.69 Å². The molecule has 0 aliphatic carbocycles. The zero-order valence-electron chi connectivity index (χ0n) is 9.00. The van der Waals surface area contributed by atoms with Crippen LogP contribution in [0.25, 0.3) is 0 Å². The van der Waals surface area contributed by atoms with E-state index in [4.69, 9.17) is 4.74 Å². The van der Waals surface area contributed by atoms with Crippen molar-refractivity contribution in [1.29, 1.82) is 0 Å². The quantitative estimate of drug-likeness (QED) is 0.833. The van der Waals surface area contributed by atoms with E-state index >= 15 is 0 Å². The molecule has 0 heterocycles. The Labute approximate surface area is 88.2 Å². The van der Waals surface area contributed by atoms with Gasteiger partial charge in [0.2, 0.25) is 0 Å². The van der Waals surface area contributed by atoms with Crippen molar-refractivity contribution in [2.75, 3.05) is 12.4 Å². The minimum Gasteiger partial charge on any atom is -0.497 e. The second-order valence-electron chi connectivity index (χ2n) is 3.66. The topological polar surface area (TPSA) is 38.3 Å². The third-order valence-electron chi connectivity index (χ3n) is 1.89. The van der Waals surface area contributed by atoms with Crippen LogP contribution in [0.4, 0.5) is 10.1 Å². The summed E-state index contributed by atoms with van der Waals surface area (Å²) in [6, 6.07) is 6.70. The SMILES string of the molecule is COc1ccc(NC(=O)C(C)(C)F)cc1. The third-order valence-corrected chi connectivity index (χ3v) is 1.89. The number of benzene rings is 1. The number of halogens is 1. The number of carbonyl (C=O) groups excluding carboxylic acids is 1. The fraction of sp³-hybridized carbons (Fsp3) is 0.364. The highest BCUT2D eigenvalue weighted by Crippen LogP contribution is 2.17. The number of methoxy groups -OCH3 is 1. The van der Waals surface area contributed by atoms with Crippen LogP contribution >= 0.6 is 0 Å². The lowest BCUT2D eigenvalue weighted by atomic mass is 10.1. The molecule has 1 aromatic carbocycles. The Kier molecular flexibility index (Phi) is 3.29. The van der Waals surface area contributed by atoms with E-state index in [-0.39, 0.29) is 0 Å². The fourth-order valence-electron chi connectivity index (χ4n) is 0.954. The summed E-state index contributed by atoms with van der Waals surface area (Å²) in [7, 11) is 1.55. The first-order valence-electron chi connectivity index (χ1n) is 4.58. The van der Waals surface area contributed by atoms with Crippen LogP contribution in [0.5, 0.6) is 5.75 Å². The summed E-state index contributed by atoms with van der Waals surface area (Å²) >= 11 is 0. The first-order chi connectivity index (χ1) is 6.93. The van der Waals surface area contributed by atoms with Crippen molar-refractivity contribution in [3.8, 4) is 5.75 Å². The molecule has 3 nitrogen and oxygen atoms in total. The molecular formula is C11H14FNO2. The number of carbonyl (C=O) groups is 1. The van der Waals surface area contributed by atoms with Crippen LogP contribution < -0.4 is 10.1 Å². The summed E-state index contributed by atoms with van der Waals surface area (Å²) in [5.41, 5.74) is -1.33. The number of nitrogens with one attached hydrogen (secondary N) is 1. The van der Waals surface area contributed by atoms with Gasteiger partial charge < -0.3 is 10.1 Å². The summed E-state index contributed by atoms with van der Waals surface area (Å²) in [5.74, 6) is 0.0279. The van der Waals surface area contributed by atoms with Crippen molar-refractivity contribution < 1.29 is 13.9 Å². The zero-order valence-corrected chi connectivity index (χ0v) is 9.00. The first kappa shape index (κ1) is 11.5. The number of hydrogen-bond acceptors (Lipinski definition) is 2. The van der Waals surface area contributed by atoms with E-state index in [9.17, 15) is 9.18 Å². The Hall–Kier alpha value is -1.58. The summed E-state index contributed by atoms with van der Waals surface area (Å²) < 4.78 is 18.1. The van der Waals surface area contributed by atoms with Crippen LogP contribution in [0.15, 0.2) is 24.3 Å². The molecule has 0 spiro atoms. The second kappa shape index (κ2) is 4.29. The molecule has 0 bridgehead atoms. The van der Waals surface area contributed by atoms with Gasteiger partial charge in [0.05, 0.1) is 7.11 Å². The van der Waals surface area contributed by atoms with Crippen molar-refractivity contribution >= 4 is 11.6 Å². The van der Waals surface area contributed by atoms with Crippen molar-refractivity contribution in [1.82, 2.24) is 0 Å². The molecule has 0 aromatic heterocycles. The summed E-state index contributed by atoms with van der Waals surface area (Å²) in [6.07, 6.45) is 0. The van der Waals surface area contributed by atoms with Crippen molar-refractivity contribution in [2.45, 2.75) is 19.5 Å². The molecule has 0 saturated heterocycles. The van der Waals surface area contributed by atoms with E-state index < -0.39 is 11.6 Å². The van der Waals surface area contributed by atoms with E-state index in [0.717, 1.165) is 0 Å². The molecule has 1 aromatic rings. The van der Waals surface area contributed by atoms with Gasteiger partial charge in [0.15, 0.2) is 5.67 Å². The first-order valence-corrected chi connectivity index (χ1v) is 4.58. The molecule has 1 amide bonds. The van der Waals surface area contributed by atoms with Gasteiger partial charge in [-0.25, -0.2) is 4.39 Å². The van der Waals surface area contributed by atoms with E-state index in [2.05, 4.69) is 5.32 Å². The zero-order chi connectivity index (χ0) is 11.5. The van der Waals surface area contributed by atoms with E-state index in [1.54, 1.807) is 31.4 Å². The summed E-state index contributed by atoms with van der Waals surface area (Å²) in [5, 5.41) is 2.46. The van der Waals surface area contributed by atoms with Gasteiger partial charge >= 0.3 is 0 Å². The Balaban J connectivity index is 2.70. The van der Waals surface area contributed by atoms with E-state index in [1.165, 1.54) is 13.8 Å². The van der Waals surface area contributed by atoms with Crippen LogP contribution in [0, 0.1) is 0 Å². The van der Waals surface area contributed by atoms with Crippen molar-refractivity contribution in [2.24, 2.45) is 0 Å². The molecule has 15 heavy (non-hydrogen) atoms. The van der Waals surface area contributed by atoms with Crippen LogP contribution in [0.3, 0.4) is 0 Å². The van der Waals surface area contributed by atoms with Crippen molar-refractivity contribution in [3.05, 3.63) is 24.3 Å². The molecule has 0 aliphatic rings. The molecule has 1 rings (SSSR count). The molecule has 0 unspecified atom stereocenters.